The molecule has 0 saturated carbocycles. The van der Waals surface area contributed by atoms with Gasteiger partial charge in [0.2, 0.25) is 11.1 Å². The Labute approximate surface area is 223 Å². The molecule has 1 aliphatic rings. The lowest BCUT2D eigenvalue weighted by Crippen LogP contribution is -2.30. The molecule has 196 valence electrons. The van der Waals surface area contributed by atoms with Gasteiger partial charge in [-0.25, -0.2) is 9.48 Å². The van der Waals surface area contributed by atoms with Crippen molar-refractivity contribution < 1.29 is 14.3 Å². The molecule has 2 aromatic carbocycles. The summed E-state index contributed by atoms with van der Waals surface area (Å²) in [6.07, 6.45) is 4.42. The van der Waals surface area contributed by atoms with Crippen molar-refractivity contribution in [1.29, 1.82) is 0 Å². The van der Waals surface area contributed by atoms with E-state index < -0.39 is 6.04 Å². The van der Waals surface area contributed by atoms with E-state index in [1.807, 2.05) is 63.2 Å². The maximum absolute atomic E-state index is 13.2. The normalized spacial score (nSPS) is 14.9. The highest BCUT2D eigenvalue weighted by molar-refractivity contribution is 7.98. The van der Waals surface area contributed by atoms with Crippen LogP contribution in [-0.4, -0.2) is 33.4 Å². The average Bonchev–Trinajstić information content (AvgIpc) is 3.29. The summed E-state index contributed by atoms with van der Waals surface area (Å²) < 4.78 is 13.3. The molecule has 1 aromatic heterocycles. The Morgan fingerprint density at radius 3 is 2.54 bits per heavy atom. The third-order valence-corrected chi connectivity index (χ3v) is 6.98. The average molecular weight is 521 g/mol. The van der Waals surface area contributed by atoms with E-state index in [0.717, 1.165) is 23.5 Å². The van der Waals surface area contributed by atoms with Crippen LogP contribution < -0.4 is 10.1 Å². The number of allylic oxidation sites excluding steroid dienone is 1. The summed E-state index contributed by atoms with van der Waals surface area (Å²) in [4.78, 5) is 17.9. The molecule has 4 rings (SSSR count). The van der Waals surface area contributed by atoms with Gasteiger partial charge < -0.3 is 14.8 Å². The number of hydrogen-bond acceptors (Lipinski definition) is 7. The van der Waals surface area contributed by atoms with Gasteiger partial charge in [0.15, 0.2) is 0 Å². The van der Waals surface area contributed by atoms with Gasteiger partial charge in [-0.1, -0.05) is 80.4 Å². The van der Waals surface area contributed by atoms with E-state index in [1.165, 1.54) is 24.8 Å². The first-order chi connectivity index (χ1) is 18.0. The van der Waals surface area contributed by atoms with Crippen LogP contribution in [0.5, 0.6) is 5.75 Å². The molecule has 3 aromatic rings. The number of aromatic nitrogens is 3. The Morgan fingerprint density at radius 1 is 1.08 bits per heavy atom. The van der Waals surface area contributed by atoms with Crippen LogP contribution in [0.15, 0.2) is 71.0 Å². The summed E-state index contributed by atoms with van der Waals surface area (Å²) in [6, 6.07) is 17.7. The molecule has 0 fully saturated rings. The molecule has 1 N–H and O–H groups in total. The number of nitrogens with zero attached hydrogens (tertiary/aromatic N) is 3. The van der Waals surface area contributed by atoms with Gasteiger partial charge in [0, 0.05) is 11.4 Å². The van der Waals surface area contributed by atoms with Crippen LogP contribution in [-0.2, 0) is 15.3 Å². The topological polar surface area (TPSA) is 78.3 Å². The van der Waals surface area contributed by atoms with E-state index in [9.17, 15) is 4.79 Å². The van der Waals surface area contributed by atoms with Crippen molar-refractivity contribution in [2.24, 2.45) is 0 Å². The highest BCUT2D eigenvalue weighted by Gasteiger charge is 2.35. The number of anilines is 1. The summed E-state index contributed by atoms with van der Waals surface area (Å²) in [7, 11) is 0. The highest BCUT2D eigenvalue weighted by Crippen LogP contribution is 2.37. The van der Waals surface area contributed by atoms with Gasteiger partial charge in [-0.15, -0.1) is 5.10 Å². The summed E-state index contributed by atoms with van der Waals surface area (Å²) in [5, 5.41) is 8.72. The van der Waals surface area contributed by atoms with Gasteiger partial charge in [-0.2, -0.15) is 4.98 Å². The number of hydrogen-bond donors (Lipinski definition) is 1. The number of carbonyl (C=O) groups is 1. The van der Waals surface area contributed by atoms with Crippen molar-refractivity contribution in [2.45, 2.75) is 76.4 Å². The minimum Gasteiger partial charge on any atom is -0.494 e. The number of unbranched alkanes of at least 4 members (excludes halogenated alkanes) is 3. The Bertz CT molecular complexity index is 1210. The largest absolute Gasteiger partial charge is 0.494 e. The van der Waals surface area contributed by atoms with Gasteiger partial charge in [0.1, 0.15) is 11.8 Å². The predicted molar refractivity (Wildman–Crippen MR) is 148 cm³/mol. The van der Waals surface area contributed by atoms with Gasteiger partial charge in [-0.05, 0) is 50.5 Å². The zero-order valence-electron chi connectivity index (χ0n) is 22.1. The highest BCUT2D eigenvalue weighted by atomic mass is 32.2. The lowest BCUT2D eigenvalue weighted by atomic mass is 9.95. The standard InChI is InChI=1S/C29H36N4O3S/c1-5-6-7-11-18-35-24-16-14-23(15-17-24)26-25(27(34)36-20(2)3)21(4)30-28-31-29(32-33(26)28)37-19-22-12-9-8-10-13-22/h8-10,12-17,20,26H,5-7,11,18-19H2,1-4H3,(H,30,31,32). The van der Waals surface area contributed by atoms with Crippen LogP contribution in [0, 0.1) is 0 Å². The van der Waals surface area contributed by atoms with Crippen LogP contribution in [0.2, 0.25) is 0 Å². The second-order valence-electron chi connectivity index (χ2n) is 9.44. The minimum absolute atomic E-state index is 0.230. The molecule has 0 saturated heterocycles. The summed E-state index contributed by atoms with van der Waals surface area (Å²) in [5.41, 5.74) is 3.36. The van der Waals surface area contributed by atoms with Crippen molar-refractivity contribution in [3.63, 3.8) is 0 Å². The van der Waals surface area contributed by atoms with Gasteiger partial charge in [-0.3, -0.25) is 0 Å². The van der Waals surface area contributed by atoms with Crippen molar-refractivity contribution in [3.8, 4) is 5.75 Å². The van der Waals surface area contributed by atoms with Crippen molar-refractivity contribution in [2.75, 3.05) is 11.9 Å². The second kappa shape index (κ2) is 12.8. The molecular formula is C29H36N4O3S. The summed E-state index contributed by atoms with van der Waals surface area (Å²) in [6.45, 7) is 8.49. The van der Waals surface area contributed by atoms with E-state index >= 15 is 0 Å². The zero-order valence-corrected chi connectivity index (χ0v) is 22.9. The summed E-state index contributed by atoms with van der Waals surface area (Å²) >= 11 is 1.57. The molecule has 8 heteroatoms. The maximum Gasteiger partial charge on any atom is 0.338 e. The molecule has 0 spiro atoms. The van der Waals surface area contributed by atoms with Crippen LogP contribution in [0.4, 0.5) is 5.95 Å². The third kappa shape index (κ3) is 6.95. The fraction of sp³-hybridized carbons (Fsp3) is 0.414. The number of rotatable bonds is 12. The molecular weight excluding hydrogens is 484 g/mol. The molecule has 1 atom stereocenters. The molecule has 1 unspecified atom stereocenters. The quantitative estimate of drug-likeness (QED) is 0.160. The fourth-order valence-electron chi connectivity index (χ4n) is 4.23. The lowest BCUT2D eigenvalue weighted by Gasteiger charge is -2.28. The monoisotopic (exact) mass is 520 g/mol. The van der Waals surface area contributed by atoms with E-state index in [0.29, 0.717) is 29.0 Å². The molecule has 2 heterocycles. The second-order valence-corrected chi connectivity index (χ2v) is 10.4. The van der Waals surface area contributed by atoms with Crippen LogP contribution in [0.3, 0.4) is 0 Å². The number of carbonyl (C=O) groups excluding carboxylic acids is 1. The lowest BCUT2D eigenvalue weighted by molar-refractivity contribution is -0.143. The molecule has 0 aliphatic carbocycles. The summed E-state index contributed by atoms with van der Waals surface area (Å²) in [5.74, 6) is 1.82. The van der Waals surface area contributed by atoms with Gasteiger partial charge in [0.25, 0.3) is 0 Å². The molecule has 0 radical (unpaired) electrons. The molecule has 0 bridgehead atoms. The van der Waals surface area contributed by atoms with E-state index in [-0.39, 0.29) is 12.1 Å². The predicted octanol–water partition coefficient (Wildman–Crippen LogP) is 6.77. The van der Waals surface area contributed by atoms with Crippen LogP contribution in [0.25, 0.3) is 0 Å². The molecule has 37 heavy (non-hydrogen) atoms. The molecule has 1 aliphatic heterocycles. The van der Waals surface area contributed by atoms with Crippen molar-refractivity contribution in [3.05, 3.63) is 77.0 Å². The van der Waals surface area contributed by atoms with Crippen molar-refractivity contribution in [1.82, 2.24) is 14.8 Å². The van der Waals surface area contributed by atoms with Crippen molar-refractivity contribution >= 4 is 23.7 Å². The van der Waals surface area contributed by atoms with Gasteiger partial charge in [0.05, 0.1) is 18.3 Å². The number of thioether (sulfide) groups is 1. The Hall–Kier alpha value is -3.26. The first-order valence-corrected chi connectivity index (χ1v) is 14.0. The molecule has 0 amide bonds. The van der Waals surface area contributed by atoms with E-state index in [1.54, 1.807) is 16.4 Å². The molecule has 7 nitrogen and oxygen atoms in total. The SMILES string of the molecule is CCCCCCOc1ccc(C2C(C(=O)OC(C)C)=C(C)Nc3nc(SCc4ccccc4)nn32)cc1. The minimum atomic E-state index is -0.459. The Morgan fingerprint density at radius 2 is 1.84 bits per heavy atom. The number of ether oxygens (including phenoxy) is 2. The Kier molecular flexibility index (Phi) is 9.28. The first kappa shape index (κ1) is 26.8. The Balaban J connectivity index is 1.59. The van der Waals surface area contributed by atoms with Gasteiger partial charge >= 0.3 is 5.97 Å². The number of benzene rings is 2. The maximum atomic E-state index is 13.2. The number of fused-ring (bicyclic) bond motifs is 1. The van der Waals surface area contributed by atoms with Crippen LogP contribution in [0.1, 0.15) is 70.5 Å². The van der Waals surface area contributed by atoms with E-state index in [4.69, 9.17) is 19.6 Å². The first-order valence-electron chi connectivity index (χ1n) is 13.0. The zero-order chi connectivity index (χ0) is 26.2. The smallest absolute Gasteiger partial charge is 0.338 e. The fourth-order valence-corrected chi connectivity index (χ4v) is 5.01. The number of esters is 1. The number of nitrogens with one attached hydrogen (secondary N) is 1. The van der Waals surface area contributed by atoms with E-state index in [2.05, 4.69) is 24.4 Å². The van der Waals surface area contributed by atoms with Crippen LogP contribution >= 0.6 is 11.8 Å². The third-order valence-electron chi connectivity index (χ3n) is 6.07.